The fraction of sp³-hybridized carbons (Fsp3) is 0.222. The van der Waals surface area contributed by atoms with Gasteiger partial charge in [0.05, 0.1) is 22.2 Å². The van der Waals surface area contributed by atoms with Crippen LogP contribution in [0.4, 0.5) is 11.4 Å². The number of esters is 1. The Morgan fingerprint density at radius 3 is 2.32 bits per heavy atom. The molecule has 0 unspecified atom stereocenters. The van der Waals surface area contributed by atoms with Crippen molar-refractivity contribution in [3.05, 3.63) is 58.1 Å². The maximum atomic E-state index is 11.9. The molecule has 0 bridgehead atoms. The Bertz CT molecular complexity index is 748. The molecule has 0 aromatic heterocycles. The lowest BCUT2D eigenvalue weighted by molar-refractivity contribution is -0.115. The Kier molecular flexibility index (Phi) is 7.10. The van der Waals surface area contributed by atoms with Crippen LogP contribution < -0.4 is 10.6 Å². The lowest BCUT2D eigenvalue weighted by atomic mass is 10.2. The highest BCUT2D eigenvalue weighted by atomic mass is 35.5. The Morgan fingerprint density at radius 1 is 1.00 bits per heavy atom. The molecule has 0 fully saturated rings. The molecule has 25 heavy (non-hydrogen) atoms. The molecular formula is C18H18Cl2N2O3. The van der Waals surface area contributed by atoms with E-state index in [-0.39, 0.29) is 18.3 Å². The van der Waals surface area contributed by atoms with Crippen LogP contribution in [0.3, 0.4) is 0 Å². The lowest BCUT2D eigenvalue weighted by Gasteiger charge is -2.09. The van der Waals surface area contributed by atoms with Gasteiger partial charge in [0, 0.05) is 24.3 Å². The lowest BCUT2D eigenvalue weighted by Crippen LogP contribution is -2.16. The van der Waals surface area contributed by atoms with Gasteiger partial charge < -0.3 is 15.4 Å². The predicted molar refractivity (Wildman–Crippen MR) is 101 cm³/mol. The van der Waals surface area contributed by atoms with Crippen molar-refractivity contribution in [1.82, 2.24) is 0 Å². The highest BCUT2D eigenvalue weighted by Crippen LogP contribution is 2.25. The molecule has 0 radical (unpaired) electrons. The van der Waals surface area contributed by atoms with Crippen molar-refractivity contribution in [2.24, 2.45) is 0 Å². The minimum absolute atomic E-state index is 0.144. The summed E-state index contributed by atoms with van der Waals surface area (Å²) in [6.45, 7) is 2.55. The molecule has 1 amide bonds. The maximum Gasteiger partial charge on any atom is 0.338 e. The summed E-state index contributed by atoms with van der Waals surface area (Å²) < 4.78 is 4.92. The summed E-state index contributed by atoms with van der Waals surface area (Å²) in [4.78, 5) is 23.5. The minimum Gasteiger partial charge on any atom is -0.462 e. The number of carbonyl (C=O) groups is 2. The van der Waals surface area contributed by atoms with Gasteiger partial charge >= 0.3 is 5.97 Å². The van der Waals surface area contributed by atoms with Gasteiger partial charge in [0.25, 0.3) is 0 Å². The first-order valence-electron chi connectivity index (χ1n) is 7.75. The van der Waals surface area contributed by atoms with Crippen molar-refractivity contribution in [3.8, 4) is 0 Å². The largest absolute Gasteiger partial charge is 0.462 e. The normalized spacial score (nSPS) is 10.2. The van der Waals surface area contributed by atoms with E-state index in [1.807, 2.05) is 0 Å². The van der Waals surface area contributed by atoms with E-state index in [4.69, 9.17) is 27.9 Å². The topological polar surface area (TPSA) is 67.4 Å². The second kappa shape index (κ2) is 9.30. The number of nitrogens with one attached hydrogen (secondary N) is 2. The van der Waals surface area contributed by atoms with E-state index < -0.39 is 0 Å². The summed E-state index contributed by atoms with van der Waals surface area (Å²) in [5.41, 5.74) is 1.90. The third kappa shape index (κ3) is 5.96. The second-order valence-corrected chi connectivity index (χ2v) is 5.97. The van der Waals surface area contributed by atoms with Crippen molar-refractivity contribution in [1.29, 1.82) is 0 Å². The average molecular weight is 381 g/mol. The first kappa shape index (κ1) is 19.1. The zero-order valence-corrected chi connectivity index (χ0v) is 15.2. The summed E-state index contributed by atoms with van der Waals surface area (Å²) in [5, 5.41) is 6.70. The molecule has 0 aliphatic heterocycles. The van der Waals surface area contributed by atoms with Gasteiger partial charge in [0.15, 0.2) is 0 Å². The smallest absolute Gasteiger partial charge is 0.338 e. The molecule has 2 aromatic rings. The number of hydrogen-bond donors (Lipinski definition) is 2. The van der Waals surface area contributed by atoms with Crippen molar-refractivity contribution in [2.45, 2.75) is 13.3 Å². The molecule has 0 heterocycles. The van der Waals surface area contributed by atoms with Crippen molar-refractivity contribution < 1.29 is 14.3 Å². The molecule has 132 valence electrons. The van der Waals surface area contributed by atoms with Gasteiger partial charge in [0.2, 0.25) is 5.91 Å². The Labute approximate surface area is 156 Å². The molecule has 0 aliphatic rings. The molecule has 0 saturated heterocycles. The molecule has 0 saturated carbocycles. The van der Waals surface area contributed by atoms with Gasteiger partial charge in [-0.25, -0.2) is 4.79 Å². The van der Waals surface area contributed by atoms with Crippen LogP contribution >= 0.6 is 23.2 Å². The third-order valence-electron chi connectivity index (χ3n) is 3.28. The number of benzene rings is 2. The molecule has 7 heteroatoms. The van der Waals surface area contributed by atoms with Crippen LogP contribution in [0.5, 0.6) is 0 Å². The standard InChI is InChI=1S/C18H18Cl2N2O3/c1-2-25-18(24)12-3-5-13(6-4-12)21-10-9-17(23)22-14-7-8-15(19)16(20)11-14/h3-8,11,21H,2,9-10H2,1H3,(H,22,23). The van der Waals surface area contributed by atoms with Crippen LogP contribution in [-0.2, 0) is 9.53 Å². The van der Waals surface area contributed by atoms with Crippen LogP contribution in [-0.4, -0.2) is 25.0 Å². The summed E-state index contributed by atoms with van der Waals surface area (Å²) in [6.07, 6.45) is 0.278. The molecule has 0 aliphatic carbocycles. The minimum atomic E-state index is -0.352. The molecule has 2 rings (SSSR count). The van der Waals surface area contributed by atoms with Crippen molar-refractivity contribution in [3.63, 3.8) is 0 Å². The average Bonchev–Trinajstić information content (AvgIpc) is 2.59. The van der Waals surface area contributed by atoms with Gasteiger partial charge in [-0.15, -0.1) is 0 Å². The number of halogens is 2. The van der Waals surface area contributed by atoms with E-state index in [0.29, 0.717) is 34.4 Å². The van der Waals surface area contributed by atoms with Crippen LogP contribution in [0, 0.1) is 0 Å². The fourth-order valence-corrected chi connectivity index (χ4v) is 2.35. The fourth-order valence-electron chi connectivity index (χ4n) is 2.06. The van der Waals surface area contributed by atoms with E-state index >= 15 is 0 Å². The zero-order chi connectivity index (χ0) is 18.2. The summed E-state index contributed by atoms with van der Waals surface area (Å²) in [7, 11) is 0. The van der Waals surface area contributed by atoms with E-state index in [1.165, 1.54) is 0 Å². The first-order chi connectivity index (χ1) is 12.0. The van der Waals surface area contributed by atoms with Crippen LogP contribution in [0.2, 0.25) is 10.0 Å². The molecular weight excluding hydrogens is 363 g/mol. The molecule has 0 spiro atoms. The van der Waals surface area contributed by atoms with E-state index in [1.54, 1.807) is 49.4 Å². The van der Waals surface area contributed by atoms with E-state index in [2.05, 4.69) is 10.6 Å². The zero-order valence-electron chi connectivity index (χ0n) is 13.6. The number of ether oxygens (including phenoxy) is 1. The van der Waals surface area contributed by atoms with Crippen molar-refractivity contribution >= 4 is 46.5 Å². The molecule has 5 nitrogen and oxygen atoms in total. The summed E-state index contributed by atoms with van der Waals surface area (Å²) in [5.74, 6) is -0.496. The second-order valence-electron chi connectivity index (χ2n) is 5.15. The quantitative estimate of drug-likeness (QED) is 0.688. The van der Waals surface area contributed by atoms with Gasteiger partial charge in [-0.2, -0.15) is 0 Å². The molecule has 2 aromatic carbocycles. The highest BCUT2D eigenvalue weighted by Gasteiger charge is 2.07. The van der Waals surface area contributed by atoms with Gasteiger partial charge in [-0.1, -0.05) is 23.2 Å². The SMILES string of the molecule is CCOC(=O)c1ccc(NCCC(=O)Nc2ccc(Cl)c(Cl)c2)cc1. The number of anilines is 2. The van der Waals surface area contributed by atoms with Gasteiger partial charge in [-0.05, 0) is 49.4 Å². The predicted octanol–water partition coefficient (Wildman–Crippen LogP) is 4.61. The maximum absolute atomic E-state index is 11.9. The monoisotopic (exact) mass is 380 g/mol. The number of hydrogen-bond acceptors (Lipinski definition) is 4. The Morgan fingerprint density at radius 2 is 1.68 bits per heavy atom. The third-order valence-corrected chi connectivity index (χ3v) is 4.02. The highest BCUT2D eigenvalue weighted by molar-refractivity contribution is 6.42. The summed E-state index contributed by atoms with van der Waals surface area (Å²) in [6, 6.07) is 11.8. The van der Waals surface area contributed by atoms with Gasteiger partial charge in [-0.3, -0.25) is 4.79 Å². The van der Waals surface area contributed by atoms with Crippen LogP contribution in [0.1, 0.15) is 23.7 Å². The summed E-state index contributed by atoms with van der Waals surface area (Å²) >= 11 is 11.7. The number of rotatable bonds is 7. The van der Waals surface area contributed by atoms with E-state index in [0.717, 1.165) is 5.69 Å². The number of amides is 1. The molecule has 2 N–H and O–H groups in total. The molecule has 0 atom stereocenters. The van der Waals surface area contributed by atoms with Crippen molar-refractivity contribution in [2.75, 3.05) is 23.8 Å². The van der Waals surface area contributed by atoms with Gasteiger partial charge in [0.1, 0.15) is 0 Å². The Hall–Kier alpha value is -2.24. The number of carbonyl (C=O) groups excluding carboxylic acids is 2. The van der Waals surface area contributed by atoms with Crippen LogP contribution in [0.25, 0.3) is 0 Å². The van der Waals surface area contributed by atoms with Crippen LogP contribution in [0.15, 0.2) is 42.5 Å². The first-order valence-corrected chi connectivity index (χ1v) is 8.51. The van der Waals surface area contributed by atoms with E-state index in [9.17, 15) is 9.59 Å². The Balaban J connectivity index is 1.78.